The van der Waals surface area contributed by atoms with Crippen LogP contribution >= 0.6 is 0 Å². The van der Waals surface area contributed by atoms with Gasteiger partial charge in [0.2, 0.25) is 5.82 Å². The molecule has 0 aliphatic carbocycles. The molecule has 6 nitrogen and oxygen atoms in total. The zero-order valence-electron chi connectivity index (χ0n) is 7.01. The van der Waals surface area contributed by atoms with E-state index in [0.717, 1.165) is 5.52 Å². The largest absolute Gasteiger partial charge is 0.442 e. The van der Waals surface area contributed by atoms with Gasteiger partial charge in [-0.15, -0.1) is 0 Å². The first-order valence-electron chi connectivity index (χ1n) is 3.99. The molecule has 0 saturated carbocycles. The van der Waals surface area contributed by atoms with E-state index < -0.39 is 0 Å². The zero-order valence-corrected chi connectivity index (χ0v) is 7.01. The third kappa shape index (κ3) is 0.972. The molecule has 0 aliphatic rings. The number of nitrogens with one attached hydrogen (secondary N) is 1. The van der Waals surface area contributed by atoms with Gasteiger partial charge >= 0.3 is 0 Å². The second-order valence-corrected chi connectivity index (χ2v) is 2.67. The van der Waals surface area contributed by atoms with Gasteiger partial charge in [0, 0.05) is 0 Å². The van der Waals surface area contributed by atoms with Crippen LogP contribution in [-0.2, 0) is 0 Å². The van der Waals surface area contributed by atoms with E-state index in [4.69, 9.17) is 4.42 Å². The summed E-state index contributed by atoms with van der Waals surface area (Å²) in [5, 5.41) is 0. The zero-order chi connectivity index (χ0) is 9.38. The molecule has 0 fully saturated rings. The standard InChI is InChI=1S/C8H5N5O/c1-2-14-8(9-1)7-10-3-5-6(13-7)12-4-11-5/h1-4H,(H,10,11,12,13). The number of hydrogen-bond acceptors (Lipinski definition) is 5. The van der Waals surface area contributed by atoms with Crippen LogP contribution in [0.3, 0.4) is 0 Å². The van der Waals surface area contributed by atoms with Gasteiger partial charge in [-0.3, -0.25) is 0 Å². The first-order chi connectivity index (χ1) is 6.93. The fraction of sp³-hybridized carbons (Fsp3) is 0. The molecular formula is C8H5N5O. The maximum absolute atomic E-state index is 5.07. The predicted octanol–water partition coefficient (Wildman–Crippen LogP) is 1.01. The lowest BCUT2D eigenvalue weighted by Crippen LogP contribution is -1.88. The smallest absolute Gasteiger partial charge is 0.264 e. The van der Waals surface area contributed by atoms with Crippen LogP contribution < -0.4 is 0 Å². The highest BCUT2D eigenvalue weighted by Crippen LogP contribution is 2.13. The Hall–Kier alpha value is -2.24. The minimum absolute atomic E-state index is 0.398. The van der Waals surface area contributed by atoms with Crippen molar-refractivity contribution in [1.82, 2.24) is 24.9 Å². The Balaban J connectivity index is 2.23. The SMILES string of the molecule is c1coc(-c2ncc3[nH]cnc3n2)n1. The molecule has 0 aliphatic heterocycles. The highest BCUT2D eigenvalue weighted by Gasteiger charge is 2.07. The monoisotopic (exact) mass is 187 g/mol. The molecule has 0 unspecified atom stereocenters. The van der Waals surface area contributed by atoms with Crippen molar-refractivity contribution in [3.05, 3.63) is 25.0 Å². The Morgan fingerprint density at radius 1 is 1.21 bits per heavy atom. The van der Waals surface area contributed by atoms with Gasteiger partial charge in [0.25, 0.3) is 5.89 Å². The summed E-state index contributed by atoms with van der Waals surface area (Å²) < 4.78 is 5.07. The summed E-state index contributed by atoms with van der Waals surface area (Å²) in [4.78, 5) is 19.1. The third-order valence-corrected chi connectivity index (χ3v) is 1.80. The highest BCUT2D eigenvalue weighted by atomic mass is 16.3. The van der Waals surface area contributed by atoms with Crippen molar-refractivity contribution in [2.75, 3.05) is 0 Å². The topological polar surface area (TPSA) is 80.5 Å². The molecule has 3 aromatic heterocycles. The predicted molar refractivity (Wildman–Crippen MR) is 47.2 cm³/mol. The summed E-state index contributed by atoms with van der Waals surface area (Å²) in [5.41, 5.74) is 1.40. The lowest BCUT2D eigenvalue weighted by atomic mass is 10.5. The molecule has 3 heterocycles. The number of imidazole rings is 1. The molecule has 0 spiro atoms. The molecule has 0 atom stereocenters. The van der Waals surface area contributed by atoms with E-state index in [-0.39, 0.29) is 0 Å². The van der Waals surface area contributed by atoms with E-state index in [1.54, 1.807) is 18.7 Å². The molecule has 0 aromatic carbocycles. The molecule has 14 heavy (non-hydrogen) atoms. The average Bonchev–Trinajstić information content (AvgIpc) is 2.88. The van der Waals surface area contributed by atoms with E-state index in [9.17, 15) is 0 Å². The Morgan fingerprint density at radius 2 is 2.21 bits per heavy atom. The van der Waals surface area contributed by atoms with Gasteiger partial charge in [-0.25, -0.2) is 19.9 Å². The van der Waals surface area contributed by atoms with Crippen molar-refractivity contribution in [2.24, 2.45) is 0 Å². The minimum Gasteiger partial charge on any atom is -0.442 e. The molecule has 6 heteroatoms. The number of hydrogen-bond donors (Lipinski definition) is 1. The summed E-state index contributed by atoms with van der Waals surface area (Å²) >= 11 is 0. The summed E-state index contributed by atoms with van der Waals surface area (Å²) in [7, 11) is 0. The van der Waals surface area contributed by atoms with Crippen molar-refractivity contribution >= 4 is 11.2 Å². The van der Waals surface area contributed by atoms with Crippen LogP contribution in [0.2, 0.25) is 0 Å². The number of rotatable bonds is 1. The van der Waals surface area contributed by atoms with Crippen molar-refractivity contribution in [2.45, 2.75) is 0 Å². The molecule has 3 aromatic rings. The maximum Gasteiger partial charge on any atom is 0.264 e. The Bertz CT molecular complexity index is 556. The van der Waals surface area contributed by atoms with Crippen LogP contribution in [0, 0.1) is 0 Å². The van der Waals surface area contributed by atoms with Crippen LogP contribution in [0.15, 0.2) is 29.4 Å². The van der Waals surface area contributed by atoms with Crippen LogP contribution in [0.4, 0.5) is 0 Å². The quantitative estimate of drug-likeness (QED) is 0.614. The van der Waals surface area contributed by atoms with Gasteiger partial charge in [0.05, 0.1) is 18.7 Å². The molecule has 3 rings (SSSR count). The fourth-order valence-corrected chi connectivity index (χ4v) is 1.17. The summed E-state index contributed by atoms with van der Waals surface area (Å²) in [6.07, 6.45) is 6.24. The minimum atomic E-state index is 0.398. The van der Waals surface area contributed by atoms with E-state index in [2.05, 4.69) is 24.9 Å². The second-order valence-electron chi connectivity index (χ2n) is 2.67. The molecule has 0 saturated heterocycles. The second kappa shape index (κ2) is 2.63. The Labute approximate surface area is 78.1 Å². The van der Waals surface area contributed by atoms with Gasteiger partial charge in [-0.2, -0.15) is 0 Å². The van der Waals surface area contributed by atoms with Gasteiger partial charge in [-0.05, 0) is 0 Å². The number of nitrogens with zero attached hydrogens (tertiary/aromatic N) is 4. The van der Waals surface area contributed by atoms with Crippen LogP contribution in [0.1, 0.15) is 0 Å². The fourth-order valence-electron chi connectivity index (χ4n) is 1.17. The highest BCUT2D eigenvalue weighted by molar-refractivity contribution is 5.70. The van der Waals surface area contributed by atoms with Crippen molar-refractivity contribution < 1.29 is 4.42 Å². The van der Waals surface area contributed by atoms with Crippen LogP contribution in [0.25, 0.3) is 22.9 Å². The summed E-state index contributed by atoms with van der Waals surface area (Å²) in [5.74, 6) is 0.838. The first kappa shape index (κ1) is 7.19. The van der Waals surface area contributed by atoms with E-state index in [0.29, 0.717) is 17.4 Å². The summed E-state index contributed by atoms with van der Waals surface area (Å²) in [6.45, 7) is 0. The lowest BCUT2D eigenvalue weighted by molar-refractivity contribution is 0.569. The molecule has 0 amide bonds. The lowest BCUT2D eigenvalue weighted by Gasteiger charge is -1.92. The molecule has 0 bridgehead atoms. The number of aromatic amines is 1. The van der Waals surface area contributed by atoms with E-state index >= 15 is 0 Å². The first-order valence-corrected chi connectivity index (χ1v) is 3.99. The Kier molecular flexibility index (Phi) is 1.35. The van der Waals surface area contributed by atoms with E-state index in [1.807, 2.05) is 0 Å². The van der Waals surface area contributed by atoms with Gasteiger partial charge in [-0.1, -0.05) is 0 Å². The average molecular weight is 187 g/mol. The van der Waals surface area contributed by atoms with Crippen molar-refractivity contribution in [3.8, 4) is 11.7 Å². The molecular weight excluding hydrogens is 182 g/mol. The number of oxazole rings is 1. The number of aromatic nitrogens is 5. The van der Waals surface area contributed by atoms with E-state index in [1.165, 1.54) is 6.26 Å². The van der Waals surface area contributed by atoms with Crippen LogP contribution in [-0.4, -0.2) is 24.9 Å². The molecule has 68 valence electrons. The maximum atomic E-state index is 5.07. The number of fused-ring (bicyclic) bond motifs is 1. The van der Waals surface area contributed by atoms with Crippen LogP contribution in [0.5, 0.6) is 0 Å². The molecule has 0 radical (unpaired) electrons. The van der Waals surface area contributed by atoms with Gasteiger partial charge < -0.3 is 9.40 Å². The summed E-state index contributed by atoms with van der Waals surface area (Å²) in [6, 6.07) is 0. The normalized spacial score (nSPS) is 10.9. The number of H-pyrrole nitrogens is 1. The molecule has 1 N–H and O–H groups in total. The van der Waals surface area contributed by atoms with Crippen molar-refractivity contribution in [1.29, 1.82) is 0 Å². The Morgan fingerprint density at radius 3 is 3.07 bits per heavy atom. The van der Waals surface area contributed by atoms with Gasteiger partial charge in [0.1, 0.15) is 11.8 Å². The third-order valence-electron chi connectivity index (χ3n) is 1.80. The van der Waals surface area contributed by atoms with Crippen molar-refractivity contribution in [3.63, 3.8) is 0 Å². The van der Waals surface area contributed by atoms with Gasteiger partial charge in [0.15, 0.2) is 5.65 Å².